The molecule has 6 rings (SSSR count). The van der Waals surface area contributed by atoms with Crippen molar-refractivity contribution in [1.29, 1.82) is 0 Å². The van der Waals surface area contributed by atoms with Gasteiger partial charge in [-0.1, -0.05) is 17.7 Å². The third-order valence-corrected chi connectivity index (χ3v) is 5.91. The van der Waals surface area contributed by atoms with Crippen molar-refractivity contribution in [2.75, 3.05) is 6.79 Å². The Labute approximate surface area is 178 Å². The number of rotatable bonds is 5. The highest BCUT2D eigenvalue weighted by molar-refractivity contribution is 5.85. The van der Waals surface area contributed by atoms with Crippen LogP contribution in [0, 0.1) is 12.8 Å². The molecule has 0 bridgehead atoms. The summed E-state index contributed by atoms with van der Waals surface area (Å²) in [5, 5.41) is 13.4. The number of benzene rings is 2. The lowest BCUT2D eigenvalue weighted by molar-refractivity contribution is -0.133. The minimum Gasteiger partial charge on any atom is -0.454 e. The van der Waals surface area contributed by atoms with Gasteiger partial charge in [-0.25, -0.2) is 0 Å². The van der Waals surface area contributed by atoms with Gasteiger partial charge < -0.3 is 14.4 Å². The van der Waals surface area contributed by atoms with Gasteiger partial charge in [0.1, 0.15) is 0 Å². The second-order valence-corrected chi connectivity index (χ2v) is 8.30. The molecule has 1 aliphatic carbocycles. The molecule has 1 amide bonds. The topological polar surface area (TPSA) is 81.9 Å². The molecule has 0 unspecified atom stereocenters. The van der Waals surface area contributed by atoms with E-state index in [-0.39, 0.29) is 18.6 Å². The van der Waals surface area contributed by atoms with Crippen LogP contribution in [0.3, 0.4) is 0 Å². The third kappa shape index (κ3) is 3.24. The average molecular weight is 415 g/mol. The number of nitrogens with zero attached hydrogens (tertiary/aromatic N) is 5. The van der Waals surface area contributed by atoms with Crippen molar-refractivity contribution < 1.29 is 14.3 Å². The molecule has 8 nitrogen and oxygen atoms in total. The van der Waals surface area contributed by atoms with Gasteiger partial charge in [-0.2, -0.15) is 4.52 Å². The fourth-order valence-electron chi connectivity index (χ4n) is 4.17. The summed E-state index contributed by atoms with van der Waals surface area (Å²) in [4.78, 5) is 15.1. The first kappa shape index (κ1) is 18.1. The number of carbonyl (C=O) groups is 1. The van der Waals surface area contributed by atoms with E-state index in [0.717, 1.165) is 51.9 Å². The Morgan fingerprint density at radius 1 is 1.10 bits per heavy atom. The zero-order chi connectivity index (χ0) is 20.9. The molecule has 1 fully saturated rings. The lowest BCUT2D eigenvalue weighted by Crippen LogP contribution is -2.31. The first-order valence-electron chi connectivity index (χ1n) is 10.4. The lowest BCUT2D eigenvalue weighted by atomic mass is 10.1. The summed E-state index contributed by atoms with van der Waals surface area (Å²) >= 11 is 0. The molecule has 3 heterocycles. The standard InChI is InChI=1S/C23H21N5O3/c1-14-2-6-19-17(8-14)10-18(22-24-25-26-28(19)22)12-27(23(29)16-4-5-16)11-15-3-7-20-21(9-15)31-13-30-20/h2-3,6-10,16H,4-5,11-13H2,1H3. The number of pyridine rings is 1. The molecule has 0 N–H and O–H groups in total. The van der Waals surface area contributed by atoms with Gasteiger partial charge in [0.2, 0.25) is 12.7 Å². The van der Waals surface area contributed by atoms with Crippen LogP contribution in [0.4, 0.5) is 0 Å². The van der Waals surface area contributed by atoms with E-state index in [9.17, 15) is 4.79 Å². The number of amides is 1. The fraction of sp³-hybridized carbons (Fsp3) is 0.304. The van der Waals surface area contributed by atoms with E-state index in [0.29, 0.717) is 18.7 Å². The van der Waals surface area contributed by atoms with Crippen molar-refractivity contribution in [3.63, 3.8) is 0 Å². The minimum atomic E-state index is 0.115. The van der Waals surface area contributed by atoms with Crippen LogP contribution in [0.1, 0.15) is 29.5 Å². The minimum absolute atomic E-state index is 0.115. The number of aromatic nitrogens is 4. The van der Waals surface area contributed by atoms with Crippen molar-refractivity contribution >= 4 is 22.5 Å². The molecule has 0 radical (unpaired) electrons. The Morgan fingerprint density at radius 3 is 2.84 bits per heavy atom. The van der Waals surface area contributed by atoms with Crippen LogP contribution in [-0.2, 0) is 17.9 Å². The molecule has 0 atom stereocenters. The first-order valence-corrected chi connectivity index (χ1v) is 10.4. The van der Waals surface area contributed by atoms with Crippen LogP contribution in [0.5, 0.6) is 11.5 Å². The molecule has 2 aliphatic rings. The van der Waals surface area contributed by atoms with Gasteiger partial charge in [-0.05, 0) is 66.1 Å². The van der Waals surface area contributed by atoms with Crippen LogP contribution >= 0.6 is 0 Å². The molecule has 8 heteroatoms. The SMILES string of the molecule is Cc1ccc2c(c1)cc(CN(Cc1ccc3c(c1)OCO3)C(=O)C1CC1)c1nnnn12. The Kier molecular flexibility index (Phi) is 4.05. The molecule has 156 valence electrons. The molecule has 2 aromatic heterocycles. The van der Waals surface area contributed by atoms with Crippen molar-refractivity contribution in [3.8, 4) is 11.5 Å². The van der Waals surface area contributed by atoms with Gasteiger partial charge in [-0.3, -0.25) is 4.79 Å². The predicted molar refractivity (Wildman–Crippen MR) is 113 cm³/mol. The summed E-state index contributed by atoms with van der Waals surface area (Å²) in [6, 6.07) is 14.1. The van der Waals surface area contributed by atoms with Crippen LogP contribution < -0.4 is 9.47 Å². The van der Waals surface area contributed by atoms with Gasteiger partial charge in [0.15, 0.2) is 17.1 Å². The third-order valence-electron chi connectivity index (χ3n) is 5.91. The maximum absolute atomic E-state index is 13.2. The maximum Gasteiger partial charge on any atom is 0.231 e. The molecule has 0 spiro atoms. The highest BCUT2D eigenvalue weighted by Crippen LogP contribution is 2.35. The van der Waals surface area contributed by atoms with Gasteiger partial charge in [-0.15, -0.1) is 5.10 Å². The van der Waals surface area contributed by atoms with E-state index in [4.69, 9.17) is 9.47 Å². The van der Waals surface area contributed by atoms with E-state index in [2.05, 4.69) is 34.6 Å². The van der Waals surface area contributed by atoms with E-state index < -0.39 is 0 Å². The number of hydrogen-bond acceptors (Lipinski definition) is 6. The normalized spacial score (nSPS) is 15.0. The van der Waals surface area contributed by atoms with E-state index in [1.165, 1.54) is 0 Å². The number of ether oxygens (including phenoxy) is 2. The van der Waals surface area contributed by atoms with E-state index >= 15 is 0 Å². The summed E-state index contributed by atoms with van der Waals surface area (Å²) in [6.45, 7) is 3.23. The second kappa shape index (κ2) is 6.94. The van der Waals surface area contributed by atoms with E-state index in [1.807, 2.05) is 35.2 Å². The molecule has 4 aromatic rings. The largest absolute Gasteiger partial charge is 0.454 e. The van der Waals surface area contributed by atoms with Crippen LogP contribution in [-0.4, -0.2) is 37.6 Å². The molecule has 1 aliphatic heterocycles. The quantitative estimate of drug-likeness (QED) is 0.498. The van der Waals surface area contributed by atoms with Crippen molar-refractivity contribution in [3.05, 3.63) is 59.2 Å². The predicted octanol–water partition coefficient (Wildman–Crippen LogP) is 3.25. The van der Waals surface area contributed by atoms with Gasteiger partial charge in [0.25, 0.3) is 0 Å². The smallest absolute Gasteiger partial charge is 0.231 e. The Hall–Kier alpha value is -3.68. The molecule has 0 saturated heterocycles. The highest BCUT2D eigenvalue weighted by atomic mass is 16.7. The fourth-order valence-corrected chi connectivity index (χ4v) is 4.17. The average Bonchev–Trinajstić information content (AvgIpc) is 3.30. The van der Waals surface area contributed by atoms with Gasteiger partial charge >= 0.3 is 0 Å². The van der Waals surface area contributed by atoms with Crippen LogP contribution in [0.15, 0.2) is 42.5 Å². The van der Waals surface area contributed by atoms with E-state index in [1.54, 1.807) is 4.52 Å². The van der Waals surface area contributed by atoms with Gasteiger partial charge in [0.05, 0.1) is 5.52 Å². The number of aryl methyl sites for hydroxylation is 1. The summed E-state index contributed by atoms with van der Waals surface area (Å²) in [6.07, 6.45) is 1.91. The summed E-state index contributed by atoms with van der Waals surface area (Å²) in [7, 11) is 0. The zero-order valence-corrected chi connectivity index (χ0v) is 17.1. The Bertz CT molecular complexity index is 1330. The van der Waals surface area contributed by atoms with Gasteiger partial charge in [0, 0.05) is 30.0 Å². The summed E-state index contributed by atoms with van der Waals surface area (Å²) in [5.74, 6) is 1.75. The maximum atomic E-state index is 13.2. The number of hydrogen-bond donors (Lipinski definition) is 0. The number of fused-ring (bicyclic) bond motifs is 4. The number of carbonyl (C=O) groups excluding carboxylic acids is 1. The highest BCUT2D eigenvalue weighted by Gasteiger charge is 2.34. The summed E-state index contributed by atoms with van der Waals surface area (Å²) in [5.41, 5.74) is 4.72. The second-order valence-electron chi connectivity index (χ2n) is 8.30. The van der Waals surface area contributed by atoms with Crippen LogP contribution in [0.2, 0.25) is 0 Å². The van der Waals surface area contributed by atoms with Crippen LogP contribution in [0.25, 0.3) is 16.6 Å². The molecule has 2 aromatic carbocycles. The summed E-state index contributed by atoms with van der Waals surface area (Å²) < 4.78 is 12.7. The molecule has 31 heavy (non-hydrogen) atoms. The molecular formula is C23H21N5O3. The van der Waals surface area contributed by atoms with Crippen molar-refractivity contribution in [2.45, 2.75) is 32.9 Å². The molecule has 1 saturated carbocycles. The molecular weight excluding hydrogens is 394 g/mol. The van der Waals surface area contributed by atoms with Crippen molar-refractivity contribution in [1.82, 2.24) is 24.9 Å². The monoisotopic (exact) mass is 415 g/mol. The van der Waals surface area contributed by atoms with Crippen molar-refractivity contribution in [2.24, 2.45) is 5.92 Å². The Morgan fingerprint density at radius 2 is 1.97 bits per heavy atom. The number of tetrazole rings is 1. The lowest BCUT2D eigenvalue weighted by Gasteiger charge is -2.23. The zero-order valence-electron chi connectivity index (χ0n) is 17.1. The first-order chi connectivity index (χ1) is 15.2. The Balaban J connectivity index is 1.38.